The van der Waals surface area contributed by atoms with Gasteiger partial charge in [0.15, 0.2) is 11.5 Å². The first-order chi connectivity index (χ1) is 19.1. The average molecular weight is 610 g/mol. The Morgan fingerprint density at radius 1 is 1.05 bits per heavy atom. The highest BCUT2D eigenvalue weighted by atomic mass is 79.9. The monoisotopic (exact) mass is 609 g/mol. The van der Waals surface area contributed by atoms with E-state index in [0.717, 1.165) is 4.90 Å². The molecule has 1 heterocycles. The van der Waals surface area contributed by atoms with Crippen molar-refractivity contribution >= 4 is 57.2 Å². The van der Waals surface area contributed by atoms with Gasteiger partial charge in [0.05, 0.1) is 34.9 Å². The predicted octanol–water partition coefficient (Wildman–Crippen LogP) is 4.40. The van der Waals surface area contributed by atoms with Crippen LogP contribution in [-0.4, -0.2) is 43.0 Å². The van der Waals surface area contributed by atoms with E-state index in [1.165, 1.54) is 62.8 Å². The van der Waals surface area contributed by atoms with Crippen molar-refractivity contribution in [1.82, 2.24) is 5.32 Å². The molecule has 1 aliphatic rings. The van der Waals surface area contributed by atoms with Gasteiger partial charge in [0, 0.05) is 12.1 Å². The number of hydrogen-bond donors (Lipinski definition) is 1. The number of non-ortho nitro benzene ring substituents is 1. The highest BCUT2D eigenvalue weighted by Gasteiger charge is 2.37. The molecule has 0 spiro atoms. The van der Waals surface area contributed by atoms with E-state index in [9.17, 15) is 29.3 Å². The molecule has 0 saturated carbocycles. The zero-order chi connectivity index (χ0) is 29.0. The van der Waals surface area contributed by atoms with Gasteiger partial charge in [-0.2, -0.15) is 0 Å². The molecule has 3 aromatic carbocycles. The minimum Gasteiger partial charge on any atom is -0.493 e. The number of hydrogen-bond acceptors (Lipinski definition) is 9. The summed E-state index contributed by atoms with van der Waals surface area (Å²) in [7, 11) is 2.64. The molecule has 0 aromatic heterocycles. The molecule has 1 N–H and O–H groups in total. The van der Waals surface area contributed by atoms with Gasteiger partial charge in [-0.05, 0) is 81.7 Å². The summed E-state index contributed by atoms with van der Waals surface area (Å²) in [6.07, 6.45) is 1.30. The third-order valence-electron chi connectivity index (χ3n) is 5.74. The fraction of sp³-hybridized carbons (Fsp3) is 0.111. The number of nitro benzene ring substituents is 1. The van der Waals surface area contributed by atoms with Crippen molar-refractivity contribution < 1.29 is 38.3 Å². The third kappa shape index (κ3) is 5.83. The van der Waals surface area contributed by atoms with Crippen LogP contribution >= 0.6 is 15.9 Å². The maximum atomic E-state index is 13.2. The molecule has 1 aliphatic heterocycles. The smallest absolute Gasteiger partial charge is 0.337 e. The van der Waals surface area contributed by atoms with Crippen molar-refractivity contribution in [1.29, 1.82) is 0 Å². The number of barbiturate groups is 1. The first-order valence-corrected chi connectivity index (χ1v) is 12.3. The zero-order valence-electron chi connectivity index (χ0n) is 21.0. The first-order valence-electron chi connectivity index (χ1n) is 11.5. The van der Waals surface area contributed by atoms with Crippen molar-refractivity contribution in [2.24, 2.45) is 0 Å². The van der Waals surface area contributed by atoms with Crippen LogP contribution < -0.4 is 19.7 Å². The van der Waals surface area contributed by atoms with Crippen molar-refractivity contribution in [2.75, 3.05) is 19.1 Å². The lowest BCUT2D eigenvalue weighted by Crippen LogP contribution is -2.54. The SMILES string of the molecule is COC(=O)c1ccc(N2C(=O)NC(=O)/C(=C\c3cc(Br)c(OCc4ccc([N+](=O)[O-])cc4)c(OC)c3)C2=O)cc1. The number of imide groups is 2. The number of esters is 1. The summed E-state index contributed by atoms with van der Waals surface area (Å²) in [5, 5.41) is 13.0. The van der Waals surface area contributed by atoms with E-state index in [1.54, 1.807) is 18.2 Å². The molecule has 40 heavy (non-hydrogen) atoms. The lowest BCUT2D eigenvalue weighted by molar-refractivity contribution is -0.384. The van der Waals surface area contributed by atoms with Gasteiger partial charge in [0.25, 0.3) is 17.5 Å². The van der Waals surface area contributed by atoms with Crippen LogP contribution in [0.1, 0.15) is 21.5 Å². The van der Waals surface area contributed by atoms with Crippen LogP contribution in [0.4, 0.5) is 16.2 Å². The molecule has 0 atom stereocenters. The Hall–Kier alpha value is -5.04. The number of amides is 4. The van der Waals surface area contributed by atoms with Gasteiger partial charge >= 0.3 is 12.0 Å². The van der Waals surface area contributed by atoms with Crippen LogP contribution in [0, 0.1) is 10.1 Å². The molecule has 204 valence electrons. The predicted molar refractivity (Wildman–Crippen MR) is 145 cm³/mol. The van der Waals surface area contributed by atoms with Gasteiger partial charge in [0.2, 0.25) is 0 Å². The van der Waals surface area contributed by atoms with E-state index in [1.807, 2.05) is 0 Å². The highest BCUT2D eigenvalue weighted by Crippen LogP contribution is 2.38. The number of nitrogens with zero attached hydrogens (tertiary/aromatic N) is 2. The molecule has 1 fully saturated rings. The fourth-order valence-corrected chi connectivity index (χ4v) is 4.33. The largest absolute Gasteiger partial charge is 0.493 e. The highest BCUT2D eigenvalue weighted by molar-refractivity contribution is 9.10. The van der Waals surface area contributed by atoms with Crippen molar-refractivity contribution in [2.45, 2.75) is 6.61 Å². The summed E-state index contributed by atoms with van der Waals surface area (Å²) in [5.41, 5.74) is 1.07. The number of carbonyl (C=O) groups is 4. The number of halogens is 1. The summed E-state index contributed by atoms with van der Waals surface area (Å²) >= 11 is 3.41. The van der Waals surface area contributed by atoms with Crippen molar-refractivity contribution in [3.8, 4) is 11.5 Å². The molecule has 0 bridgehead atoms. The summed E-state index contributed by atoms with van der Waals surface area (Å²) < 4.78 is 16.4. The Balaban J connectivity index is 1.59. The number of nitrogens with one attached hydrogen (secondary N) is 1. The van der Waals surface area contributed by atoms with E-state index in [-0.39, 0.29) is 34.9 Å². The molecule has 0 aliphatic carbocycles. The summed E-state index contributed by atoms with van der Waals surface area (Å²) in [6.45, 7) is 0.0835. The lowest BCUT2D eigenvalue weighted by atomic mass is 10.1. The van der Waals surface area contributed by atoms with E-state index in [4.69, 9.17) is 9.47 Å². The van der Waals surface area contributed by atoms with Gasteiger partial charge in [-0.15, -0.1) is 0 Å². The number of methoxy groups -OCH3 is 2. The Kier molecular flexibility index (Phi) is 8.24. The minimum absolute atomic E-state index is 0.0420. The van der Waals surface area contributed by atoms with Crippen LogP contribution in [0.25, 0.3) is 6.08 Å². The number of urea groups is 1. The second-order valence-electron chi connectivity index (χ2n) is 8.24. The maximum Gasteiger partial charge on any atom is 0.337 e. The molecule has 0 radical (unpaired) electrons. The number of carbonyl (C=O) groups excluding carboxylic acids is 4. The molecule has 4 amide bonds. The van der Waals surface area contributed by atoms with Crippen LogP contribution in [0.15, 0.2) is 70.7 Å². The molecule has 4 rings (SSSR count). The Bertz CT molecular complexity index is 1550. The minimum atomic E-state index is -0.938. The first kappa shape index (κ1) is 28.0. The molecular weight excluding hydrogens is 590 g/mol. The van der Waals surface area contributed by atoms with Crippen LogP contribution in [-0.2, 0) is 20.9 Å². The van der Waals surface area contributed by atoms with Gasteiger partial charge in [-0.25, -0.2) is 14.5 Å². The number of nitro groups is 1. The number of benzene rings is 3. The third-order valence-corrected chi connectivity index (χ3v) is 6.33. The Morgan fingerprint density at radius 3 is 2.33 bits per heavy atom. The number of rotatable bonds is 8. The van der Waals surface area contributed by atoms with E-state index < -0.39 is 28.7 Å². The maximum absolute atomic E-state index is 13.2. The zero-order valence-corrected chi connectivity index (χ0v) is 22.6. The van der Waals surface area contributed by atoms with E-state index in [2.05, 4.69) is 26.0 Å². The average Bonchev–Trinajstić information content (AvgIpc) is 2.94. The summed E-state index contributed by atoms with van der Waals surface area (Å²) in [5.74, 6) is -1.74. The molecule has 3 aromatic rings. The van der Waals surface area contributed by atoms with Gasteiger partial charge < -0.3 is 14.2 Å². The van der Waals surface area contributed by atoms with Crippen molar-refractivity contribution in [3.05, 3.63) is 97.5 Å². The topological polar surface area (TPSA) is 154 Å². The van der Waals surface area contributed by atoms with Crippen LogP contribution in [0.2, 0.25) is 0 Å². The second-order valence-corrected chi connectivity index (χ2v) is 9.10. The molecule has 0 unspecified atom stereocenters. The summed E-state index contributed by atoms with van der Waals surface area (Å²) in [4.78, 5) is 61.2. The van der Waals surface area contributed by atoms with Gasteiger partial charge in [0.1, 0.15) is 12.2 Å². The van der Waals surface area contributed by atoms with Crippen molar-refractivity contribution in [3.63, 3.8) is 0 Å². The molecule has 12 nitrogen and oxygen atoms in total. The quantitative estimate of drug-likeness (QED) is 0.129. The van der Waals surface area contributed by atoms with Crippen LogP contribution in [0.3, 0.4) is 0 Å². The standard InChI is InChI=1S/C27H20BrN3O9/c1-38-22-13-16(12-21(28)23(22)40-14-15-3-7-19(8-4-15)31(36)37)11-20-24(32)29-27(35)30(25(20)33)18-9-5-17(6-10-18)26(34)39-2/h3-13H,14H2,1-2H3,(H,29,32,35)/b20-11+. The molecule has 13 heteroatoms. The Labute approximate surface area is 235 Å². The molecular formula is C27H20BrN3O9. The molecule has 1 saturated heterocycles. The number of ether oxygens (including phenoxy) is 3. The Morgan fingerprint density at radius 2 is 1.73 bits per heavy atom. The lowest BCUT2D eigenvalue weighted by Gasteiger charge is -2.26. The van der Waals surface area contributed by atoms with Gasteiger partial charge in [-0.1, -0.05) is 0 Å². The normalized spacial score (nSPS) is 14.1. The van der Waals surface area contributed by atoms with E-state index in [0.29, 0.717) is 21.3 Å². The van der Waals surface area contributed by atoms with Crippen LogP contribution in [0.5, 0.6) is 11.5 Å². The summed E-state index contributed by atoms with van der Waals surface area (Å²) in [6, 6.07) is 13.6. The second kappa shape index (κ2) is 11.8. The number of anilines is 1. The van der Waals surface area contributed by atoms with E-state index >= 15 is 0 Å². The fourth-order valence-electron chi connectivity index (χ4n) is 3.76. The van der Waals surface area contributed by atoms with Gasteiger partial charge in [-0.3, -0.25) is 25.0 Å².